The first kappa shape index (κ1) is 6.65. The van der Waals surface area contributed by atoms with Gasteiger partial charge in [-0.3, -0.25) is 14.8 Å². The zero-order valence-corrected chi connectivity index (χ0v) is 5.87. The van der Waals surface area contributed by atoms with Crippen molar-refractivity contribution in [2.45, 2.75) is 0 Å². The Morgan fingerprint density at radius 3 is 2.92 bits per heavy atom. The second-order valence-corrected chi connectivity index (χ2v) is 2.26. The zero-order valence-electron chi connectivity index (χ0n) is 5.87. The van der Waals surface area contributed by atoms with Gasteiger partial charge < -0.3 is 5.84 Å². The van der Waals surface area contributed by atoms with Crippen LogP contribution in [-0.2, 0) is 0 Å². The summed E-state index contributed by atoms with van der Waals surface area (Å²) in [4.78, 5) is 29.8. The average Bonchev–Trinajstić information content (AvgIpc) is 2.31. The number of aromatic nitrogens is 4. The van der Waals surface area contributed by atoms with Crippen molar-refractivity contribution in [1.29, 1.82) is 0 Å². The molecule has 2 aromatic rings. The molecule has 0 aliphatic rings. The summed E-state index contributed by atoms with van der Waals surface area (Å²) in [6.45, 7) is 0. The molecule has 7 heteroatoms. The molecule has 2 rings (SSSR count). The number of nitrogen functional groups attached to an aromatic ring is 1. The minimum Gasteiger partial charge on any atom is -0.337 e. The molecule has 0 unspecified atom stereocenters. The molecule has 62 valence electrons. The van der Waals surface area contributed by atoms with Gasteiger partial charge in [-0.2, -0.15) is 0 Å². The van der Waals surface area contributed by atoms with Crippen LogP contribution < -0.4 is 17.1 Å². The van der Waals surface area contributed by atoms with Gasteiger partial charge in [-0.25, -0.2) is 14.5 Å². The molecule has 0 fully saturated rings. The first-order valence-electron chi connectivity index (χ1n) is 3.13. The molecule has 0 saturated carbocycles. The van der Waals surface area contributed by atoms with Crippen molar-refractivity contribution in [1.82, 2.24) is 19.6 Å². The lowest BCUT2D eigenvalue weighted by molar-refractivity contribution is 1.01. The molecule has 0 aliphatic heterocycles. The van der Waals surface area contributed by atoms with Gasteiger partial charge in [0.1, 0.15) is 6.33 Å². The van der Waals surface area contributed by atoms with E-state index in [-0.39, 0.29) is 11.2 Å². The molecule has 2 heterocycles. The summed E-state index contributed by atoms with van der Waals surface area (Å²) >= 11 is 0. The van der Waals surface area contributed by atoms with Crippen LogP contribution in [0.3, 0.4) is 0 Å². The molecule has 0 aliphatic carbocycles. The van der Waals surface area contributed by atoms with Gasteiger partial charge in [0.25, 0.3) is 5.56 Å². The van der Waals surface area contributed by atoms with Crippen LogP contribution in [-0.4, -0.2) is 19.6 Å². The molecule has 0 radical (unpaired) electrons. The summed E-state index contributed by atoms with van der Waals surface area (Å²) in [5.74, 6) is 5.34. The minimum absolute atomic E-state index is 0.148. The maximum Gasteiger partial charge on any atom is 0.327 e. The molecule has 0 spiro atoms. The summed E-state index contributed by atoms with van der Waals surface area (Å²) in [6, 6.07) is 0. The smallest absolute Gasteiger partial charge is 0.327 e. The first-order chi connectivity index (χ1) is 5.68. The number of nitrogens with one attached hydrogen (secondary N) is 2. The normalized spacial score (nSPS) is 10.7. The molecular formula is C5H5N5O2. The van der Waals surface area contributed by atoms with Gasteiger partial charge in [-0.15, -0.1) is 0 Å². The van der Waals surface area contributed by atoms with Crippen LogP contribution in [0, 0.1) is 0 Å². The Labute approximate surface area is 64.8 Å². The number of rotatable bonds is 0. The van der Waals surface area contributed by atoms with E-state index in [4.69, 9.17) is 5.84 Å². The molecule has 4 N–H and O–H groups in total. The fourth-order valence-electron chi connectivity index (χ4n) is 0.978. The maximum atomic E-state index is 11.1. The highest BCUT2D eigenvalue weighted by atomic mass is 16.2. The second-order valence-electron chi connectivity index (χ2n) is 2.26. The maximum absolute atomic E-state index is 11.1. The first-order valence-corrected chi connectivity index (χ1v) is 3.13. The largest absolute Gasteiger partial charge is 0.337 e. The van der Waals surface area contributed by atoms with E-state index in [2.05, 4.69) is 9.97 Å². The number of H-pyrrole nitrogens is 2. The summed E-state index contributed by atoms with van der Waals surface area (Å²) < 4.78 is 1.05. The Morgan fingerprint density at radius 2 is 2.17 bits per heavy atom. The molecule has 0 aromatic carbocycles. The number of hydrogen-bond acceptors (Lipinski definition) is 4. The third-order valence-electron chi connectivity index (χ3n) is 1.47. The minimum atomic E-state index is -0.591. The number of nitrogens with zero attached hydrogens (tertiary/aromatic N) is 2. The number of hydrogen-bond donors (Lipinski definition) is 3. The van der Waals surface area contributed by atoms with Crippen LogP contribution in [0.25, 0.3) is 11.2 Å². The van der Waals surface area contributed by atoms with E-state index in [9.17, 15) is 9.59 Å². The van der Waals surface area contributed by atoms with Crippen molar-refractivity contribution in [2.75, 3.05) is 5.84 Å². The molecule has 0 amide bonds. The average molecular weight is 167 g/mol. The fourth-order valence-corrected chi connectivity index (χ4v) is 0.978. The van der Waals surface area contributed by atoms with Crippen LogP contribution in [0.1, 0.15) is 0 Å². The highest BCUT2D eigenvalue weighted by Gasteiger charge is 2.04. The van der Waals surface area contributed by atoms with Crippen LogP contribution >= 0.6 is 0 Å². The lowest BCUT2D eigenvalue weighted by atomic mass is 10.5. The predicted octanol–water partition coefficient (Wildman–Crippen LogP) is -1.87. The topological polar surface area (TPSA) is 110 Å². The Morgan fingerprint density at radius 1 is 1.42 bits per heavy atom. The Hall–Kier alpha value is -2.05. The van der Waals surface area contributed by atoms with Crippen molar-refractivity contribution in [3.63, 3.8) is 0 Å². The van der Waals surface area contributed by atoms with Gasteiger partial charge in [-0.05, 0) is 0 Å². The third-order valence-corrected chi connectivity index (χ3v) is 1.47. The van der Waals surface area contributed by atoms with Crippen molar-refractivity contribution >= 4 is 11.2 Å². The van der Waals surface area contributed by atoms with Crippen molar-refractivity contribution in [3.8, 4) is 0 Å². The molecule has 0 bridgehead atoms. The fraction of sp³-hybridized carbons (Fsp3) is 0. The zero-order chi connectivity index (χ0) is 8.72. The van der Waals surface area contributed by atoms with E-state index >= 15 is 0 Å². The van der Waals surface area contributed by atoms with Gasteiger partial charge in [0, 0.05) is 0 Å². The second kappa shape index (κ2) is 1.97. The predicted molar refractivity (Wildman–Crippen MR) is 41.1 cm³/mol. The number of imidazole rings is 1. The van der Waals surface area contributed by atoms with Gasteiger partial charge in [0.05, 0.1) is 0 Å². The number of nitrogens with two attached hydrogens (primary N) is 1. The highest BCUT2D eigenvalue weighted by molar-refractivity contribution is 5.68. The van der Waals surface area contributed by atoms with E-state index in [0.29, 0.717) is 0 Å². The van der Waals surface area contributed by atoms with Crippen molar-refractivity contribution < 1.29 is 0 Å². The Bertz CT molecular complexity index is 532. The Balaban J connectivity index is 3.13. The number of fused-ring (bicyclic) bond motifs is 1. The van der Waals surface area contributed by atoms with Gasteiger partial charge in [-0.1, -0.05) is 0 Å². The van der Waals surface area contributed by atoms with Crippen molar-refractivity contribution in [2.24, 2.45) is 0 Å². The quantitative estimate of drug-likeness (QED) is 0.399. The molecule has 7 nitrogen and oxygen atoms in total. The molecule has 0 atom stereocenters. The van der Waals surface area contributed by atoms with Crippen LogP contribution in [0.2, 0.25) is 0 Å². The van der Waals surface area contributed by atoms with Gasteiger partial charge >= 0.3 is 5.69 Å². The van der Waals surface area contributed by atoms with Crippen molar-refractivity contribution in [3.05, 3.63) is 27.2 Å². The summed E-state index contributed by atoms with van der Waals surface area (Å²) in [5, 5.41) is 0. The van der Waals surface area contributed by atoms with E-state index in [1.165, 1.54) is 6.33 Å². The monoisotopic (exact) mass is 167 g/mol. The molecule has 0 saturated heterocycles. The Kier molecular flexibility index (Phi) is 1.09. The van der Waals surface area contributed by atoms with E-state index in [1.54, 1.807) is 0 Å². The van der Waals surface area contributed by atoms with Gasteiger partial charge in [0.15, 0.2) is 11.2 Å². The van der Waals surface area contributed by atoms with Crippen LogP contribution in [0.5, 0.6) is 0 Å². The van der Waals surface area contributed by atoms with Crippen LogP contribution in [0.15, 0.2) is 15.9 Å². The highest BCUT2D eigenvalue weighted by Crippen LogP contribution is 1.95. The van der Waals surface area contributed by atoms with E-state index in [0.717, 1.165) is 4.68 Å². The van der Waals surface area contributed by atoms with Crippen LogP contribution in [0.4, 0.5) is 0 Å². The lowest BCUT2D eigenvalue weighted by Crippen LogP contribution is -2.24. The van der Waals surface area contributed by atoms with E-state index in [1.807, 2.05) is 4.98 Å². The lowest BCUT2D eigenvalue weighted by Gasteiger charge is -1.90. The standard InChI is InChI=1S/C5H5N5O2/c6-10-1-7-3-2(10)4(11)9-5(12)8-3/h1H,6H2,(H2,8,9,11,12). The number of aromatic amines is 2. The van der Waals surface area contributed by atoms with Gasteiger partial charge in [0.2, 0.25) is 0 Å². The SMILES string of the molecule is Nn1cnc2[nH]c(=O)[nH]c(=O)c21. The van der Waals surface area contributed by atoms with E-state index < -0.39 is 11.2 Å². The third kappa shape index (κ3) is 0.729. The summed E-state index contributed by atoms with van der Waals surface area (Å²) in [5.41, 5.74) is -0.805. The molecular weight excluding hydrogens is 162 g/mol. The molecule has 2 aromatic heterocycles. The summed E-state index contributed by atoms with van der Waals surface area (Å²) in [7, 11) is 0. The molecule has 12 heavy (non-hydrogen) atoms. The summed E-state index contributed by atoms with van der Waals surface area (Å²) in [6.07, 6.45) is 1.25.